The monoisotopic (exact) mass is 334 g/mol. The van der Waals surface area contributed by atoms with Gasteiger partial charge in [0.15, 0.2) is 0 Å². The molecule has 21 heavy (non-hydrogen) atoms. The molecule has 0 saturated carbocycles. The Bertz CT molecular complexity index is 461. The molecule has 1 aromatic carbocycles. The fourth-order valence-corrected chi connectivity index (χ4v) is 1.74. The van der Waals surface area contributed by atoms with Crippen molar-refractivity contribution in [1.29, 1.82) is 0 Å². The van der Waals surface area contributed by atoms with Crippen LogP contribution in [0.1, 0.15) is 27.7 Å². The summed E-state index contributed by atoms with van der Waals surface area (Å²) < 4.78 is 5.67. The molecule has 0 radical (unpaired) electrons. The molecule has 0 aliphatic rings. The summed E-state index contributed by atoms with van der Waals surface area (Å²) in [4.78, 5) is 11.9. The zero-order chi connectivity index (χ0) is 15.3. The topological polar surface area (TPSA) is 64.4 Å². The zero-order valence-electron chi connectivity index (χ0n) is 12.9. The lowest BCUT2D eigenvalue weighted by Crippen LogP contribution is -2.50. The maximum absolute atomic E-state index is 11.9. The number of hydrogen-bond donors (Lipinski definition) is 2. The number of nitrogens with one attached hydrogen (secondary N) is 1. The van der Waals surface area contributed by atoms with Gasteiger partial charge < -0.3 is 15.8 Å². The van der Waals surface area contributed by atoms with Crippen molar-refractivity contribution < 1.29 is 9.53 Å². The van der Waals surface area contributed by atoms with E-state index in [0.29, 0.717) is 17.3 Å². The molecule has 1 rings (SSSR count). The van der Waals surface area contributed by atoms with Crippen LogP contribution in [-0.4, -0.2) is 24.6 Å². The number of benzene rings is 1. The Balaban J connectivity index is 0.00000400. The summed E-state index contributed by atoms with van der Waals surface area (Å²) in [7, 11) is 0. The van der Waals surface area contributed by atoms with E-state index in [4.69, 9.17) is 22.1 Å². The molecule has 0 aliphatic carbocycles. The Hall–Kier alpha value is -0.970. The van der Waals surface area contributed by atoms with Gasteiger partial charge in [0, 0.05) is 5.02 Å². The maximum atomic E-state index is 11.9. The molecule has 1 amide bonds. The molecule has 6 heteroatoms. The van der Waals surface area contributed by atoms with Crippen molar-refractivity contribution in [3.05, 3.63) is 29.3 Å². The van der Waals surface area contributed by atoms with Gasteiger partial charge in [-0.3, -0.25) is 4.79 Å². The molecule has 2 atom stereocenters. The van der Waals surface area contributed by atoms with Crippen LogP contribution in [0.4, 0.5) is 0 Å². The van der Waals surface area contributed by atoms with Crippen molar-refractivity contribution in [1.82, 2.24) is 5.32 Å². The number of halogens is 2. The van der Waals surface area contributed by atoms with Gasteiger partial charge in [0.05, 0.1) is 12.6 Å². The van der Waals surface area contributed by atoms with E-state index in [9.17, 15) is 4.79 Å². The van der Waals surface area contributed by atoms with Crippen molar-refractivity contribution in [2.45, 2.75) is 39.8 Å². The highest BCUT2D eigenvalue weighted by molar-refractivity contribution is 6.30. The fraction of sp³-hybridized carbons (Fsp3) is 0.533. The van der Waals surface area contributed by atoms with Crippen molar-refractivity contribution in [3.63, 3.8) is 0 Å². The average molecular weight is 335 g/mol. The summed E-state index contributed by atoms with van der Waals surface area (Å²) in [6.45, 7) is 8.08. The van der Waals surface area contributed by atoms with E-state index in [2.05, 4.69) is 5.32 Å². The molecule has 0 aliphatic heterocycles. The summed E-state index contributed by atoms with van der Waals surface area (Å²) in [6, 6.07) is 6.62. The number of amides is 1. The van der Waals surface area contributed by atoms with Gasteiger partial charge in [-0.05, 0) is 30.5 Å². The highest BCUT2D eigenvalue weighted by Gasteiger charge is 2.27. The van der Waals surface area contributed by atoms with Crippen molar-refractivity contribution in [3.8, 4) is 5.75 Å². The largest absolute Gasteiger partial charge is 0.489 e. The zero-order valence-corrected chi connectivity index (χ0v) is 14.4. The predicted molar refractivity (Wildman–Crippen MR) is 89.2 cm³/mol. The van der Waals surface area contributed by atoms with Crippen LogP contribution >= 0.6 is 24.0 Å². The fourth-order valence-electron chi connectivity index (χ4n) is 1.56. The van der Waals surface area contributed by atoms with Crippen LogP contribution in [0.3, 0.4) is 0 Å². The van der Waals surface area contributed by atoms with Crippen molar-refractivity contribution in [2.24, 2.45) is 11.1 Å². The van der Waals surface area contributed by atoms with Crippen LogP contribution in [0.15, 0.2) is 24.3 Å². The Morgan fingerprint density at radius 2 is 2.05 bits per heavy atom. The van der Waals surface area contributed by atoms with Crippen LogP contribution in [0.25, 0.3) is 0 Å². The smallest absolute Gasteiger partial charge is 0.237 e. The SMILES string of the molecule is CC(CNC(=O)[C@@H](N)C(C)(C)C)Oc1cccc(Cl)c1.Cl. The van der Waals surface area contributed by atoms with Gasteiger partial charge in [-0.2, -0.15) is 0 Å². The van der Waals surface area contributed by atoms with Gasteiger partial charge in [0.25, 0.3) is 0 Å². The van der Waals surface area contributed by atoms with Gasteiger partial charge in [-0.15, -0.1) is 12.4 Å². The second-order valence-electron chi connectivity index (χ2n) is 5.97. The van der Waals surface area contributed by atoms with E-state index in [1.807, 2.05) is 39.8 Å². The summed E-state index contributed by atoms with van der Waals surface area (Å²) in [5.41, 5.74) is 5.62. The van der Waals surface area contributed by atoms with Crippen LogP contribution in [0, 0.1) is 5.41 Å². The Morgan fingerprint density at radius 3 is 2.57 bits per heavy atom. The molecule has 0 spiro atoms. The number of carbonyl (C=O) groups is 1. The van der Waals surface area contributed by atoms with Crippen molar-refractivity contribution >= 4 is 29.9 Å². The number of nitrogens with two attached hydrogens (primary N) is 1. The van der Waals surface area contributed by atoms with Crippen LogP contribution in [0.5, 0.6) is 5.75 Å². The molecule has 0 fully saturated rings. The lowest BCUT2D eigenvalue weighted by Gasteiger charge is -2.26. The second kappa shape index (κ2) is 8.47. The molecule has 0 heterocycles. The number of ether oxygens (including phenoxy) is 1. The van der Waals surface area contributed by atoms with Gasteiger partial charge in [-0.1, -0.05) is 38.4 Å². The molecule has 0 saturated heterocycles. The standard InChI is InChI=1S/C15H23ClN2O2.ClH/c1-10(20-12-7-5-6-11(16)8-12)9-18-14(19)13(17)15(2,3)4;/h5-8,10,13H,9,17H2,1-4H3,(H,18,19);1H/t10?,13-;/m1./s1. The van der Waals surface area contributed by atoms with Gasteiger partial charge in [-0.25, -0.2) is 0 Å². The highest BCUT2D eigenvalue weighted by atomic mass is 35.5. The summed E-state index contributed by atoms with van der Waals surface area (Å²) in [6.07, 6.45) is -0.162. The van der Waals surface area contributed by atoms with Crippen molar-refractivity contribution in [2.75, 3.05) is 6.54 Å². The third-order valence-electron chi connectivity index (χ3n) is 2.91. The minimum atomic E-state index is -0.541. The van der Waals surface area contributed by atoms with Gasteiger partial charge in [0.1, 0.15) is 11.9 Å². The minimum absolute atomic E-state index is 0. The number of hydrogen-bond acceptors (Lipinski definition) is 3. The molecule has 3 N–H and O–H groups in total. The lowest BCUT2D eigenvalue weighted by atomic mass is 9.87. The van der Waals surface area contributed by atoms with Crippen LogP contribution in [0.2, 0.25) is 5.02 Å². The first-order valence-corrected chi connectivity index (χ1v) is 7.03. The summed E-state index contributed by atoms with van der Waals surface area (Å²) >= 11 is 5.88. The van der Waals surface area contributed by atoms with Crippen LogP contribution in [-0.2, 0) is 4.79 Å². The Kier molecular flexibility index (Phi) is 8.08. The van der Waals surface area contributed by atoms with E-state index in [1.54, 1.807) is 12.1 Å². The van der Waals surface area contributed by atoms with E-state index in [0.717, 1.165) is 0 Å². The first kappa shape index (κ1) is 20.0. The molecule has 0 bridgehead atoms. The molecular formula is C15H24Cl2N2O2. The number of rotatable bonds is 5. The van der Waals surface area contributed by atoms with E-state index < -0.39 is 6.04 Å². The Morgan fingerprint density at radius 1 is 1.43 bits per heavy atom. The minimum Gasteiger partial charge on any atom is -0.489 e. The molecule has 4 nitrogen and oxygen atoms in total. The summed E-state index contributed by atoms with van der Waals surface area (Å²) in [5.74, 6) is 0.512. The molecule has 0 aromatic heterocycles. The average Bonchev–Trinajstić information content (AvgIpc) is 2.34. The first-order valence-electron chi connectivity index (χ1n) is 6.65. The summed E-state index contributed by atoms with van der Waals surface area (Å²) in [5, 5.41) is 3.42. The normalized spacial score (nSPS) is 13.8. The molecular weight excluding hydrogens is 311 g/mol. The quantitative estimate of drug-likeness (QED) is 0.869. The van der Waals surface area contributed by atoms with E-state index in [1.165, 1.54) is 0 Å². The second-order valence-corrected chi connectivity index (χ2v) is 6.41. The molecule has 120 valence electrons. The maximum Gasteiger partial charge on any atom is 0.237 e. The van der Waals surface area contributed by atoms with Gasteiger partial charge >= 0.3 is 0 Å². The molecule has 1 unspecified atom stereocenters. The lowest BCUT2D eigenvalue weighted by molar-refractivity contribution is -0.124. The highest BCUT2D eigenvalue weighted by Crippen LogP contribution is 2.19. The molecule has 1 aromatic rings. The van der Waals surface area contributed by atoms with Crippen LogP contribution < -0.4 is 15.8 Å². The third kappa shape index (κ3) is 7.02. The third-order valence-corrected chi connectivity index (χ3v) is 3.15. The predicted octanol–water partition coefficient (Wildman–Crippen LogP) is 3.02. The van der Waals surface area contributed by atoms with E-state index >= 15 is 0 Å². The first-order chi connectivity index (χ1) is 9.20. The Labute approximate surface area is 137 Å². The number of carbonyl (C=O) groups excluding carboxylic acids is 1. The van der Waals surface area contributed by atoms with Gasteiger partial charge in [0.2, 0.25) is 5.91 Å². The van der Waals surface area contributed by atoms with E-state index in [-0.39, 0.29) is 29.8 Å².